The predicted octanol–water partition coefficient (Wildman–Crippen LogP) is 3.48. The van der Waals surface area contributed by atoms with Crippen LogP contribution in [-0.4, -0.2) is 67.5 Å². The topological polar surface area (TPSA) is 116 Å². The molecular weight excluding hydrogens is 532 g/mol. The Bertz CT molecular complexity index is 1330. The van der Waals surface area contributed by atoms with Crippen LogP contribution in [0.15, 0.2) is 29.2 Å². The first-order chi connectivity index (χ1) is 17.6. The first kappa shape index (κ1) is 27.9. The van der Waals surface area contributed by atoms with E-state index in [2.05, 4.69) is 21.9 Å². The van der Waals surface area contributed by atoms with E-state index in [9.17, 15) is 21.6 Å². The Morgan fingerprint density at radius 3 is 2.46 bits per heavy atom. The minimum absolute atomic E-state index is 0.128. The molecule has 0 spiro atoms. The van der Waals surface area contributed by atoms with Gasteiger partial charge in [0.15, 0.2) is 9.84 Å². The molecule has 37 heavy (non-hydrogen) atoms. The number of benzene rings is 1. The summed E-state index contributed by atoms with van der Waals surface area (Å²) in [5, 5.41) is 4.13. The highest BCUT2D eigenvalue weighted by atomic mass is 32.2. The van der Waals surface area contributed by atoms with E-state index in [0.29, 0.717) is 34.8 Å². The third-order valence-electron chi connectivity index (χ3n) is 6.70. The summed E-state index contributed by atoms with van der Waals surface area (Å²) in [6.45, 7) is 5.72. The van der Waals surface area contributed by atoms with Gasteiger partial charge in [-0.05, 0) is 42.7 Å². The van der Waals surface area contributed by atoms with Crippen molar-refractivity contribution in [3.63, 3.8) is 0 Å². The van der Waals surface area contributed by atoms with Crippen LogP contribution >= 0.6 is 11.3 Å². The van der Waals surface area contributed by atoms with Gasteiger partial charge in [0.1, 0.15) is 4.88 Å². The Hall–Kier alpha value is -2.15. The van der Waals surface area contributed by atoms with Crippen LogP contribution in [0.25, 0.3) is 0 Å². The number of amides is 1. The fourth-order valence-corrected chi connectivity index (χ4v) is 7.93. The lowest BCUT2D eigenvalue weighted by Gasteiger charge is -2.27. The number of carbonyl (C=O) groups is 1. The van der Waals surface area contributed by atoms with Crippen molar-refractivity contribution in [2.75, 3.05) is 59.3 Å². The molecule has 2 aliphatic heterocycles. The normalized spacial score (nSPS) is 16.2. The molecule has 12 heteroatoms. The average molecular weight is 569 g/mol. The van der Waals surface area contributed by atoms with Crippen molar-refractivity contribution in [3.8, 4) is 0 Å². The Labute approximate surface area is 224 Å². The SMILES string of the molecule is CCCCCCCS(=O)(=O)c1ccc2c(c1)CCN2C(=O)c1sc(N2CCNCC2)cc1NS(C)(=O)=O. The molecule has 204 valence electrons. The van der Waals surface area contributed by atoms with Gasteiger partial charge in [-0.25, -0.2) is 16.8 Å². The number of hydrogen-bond donors (Lipinski definition) is 2. The molecule has 1 aromatic carbocycles. The number of thiophene rings is 1. The van der Waals surface area contributed by atoms with Crippen LogP contribution in [0.4, 0.5) is 16.4 Å². The predicted molar refractivity (Wildman–Crippen MR) is 151 cm³/mol. The summed E-state index contributed by atoms with van der Waals surface area (Å²) < 4.78 is 52.3. The Morgan fingerprint density at radius 1 is 1.03 bits per heavy atom. The van der Waals surface area contributed by atoms with Gasteiger partial charge >= 0.3 is 0 Å². The van der Waals surface area contributed by atoms with Crippen molar-refractivity contribution < 1.29 is 21.6 Å². The van der Waals surface area contributed by atoms with Gasteiger partial charge in [0, 0.05) is 38.4 Å². The lowest BCUT2D eigenvalue weighted by molar-refractivity contribution is 0.0994. The van der Waals surface area contributed by atoms with Gasteiger partial charge in [-0.1, -0.05) is 32.6 Å². The zero-order valence-corrected chi connectivity index (χ0v) is 23.9. The van der Waals surface area contributed by atoms with Crippen molar-refractivity contribution in [2.45, 2.75) is 50.3 Å². The first-order valence-corrected chi connectivity index (χ1v) is 17.2. The van der Waals surface area contributed by atoms with E-state index in [1.807, 2.05) is 0 Å². The molecule has 3 heterocycles. The molecule has 1 saturated heterocycles. The number of hydrogen-bond acceptors (Lipinski definition) is 8. The maximum absolute atomic E-state index is 13.7. The van der Waals surface area contributed by atoms with Crippen LogP contribution in [0.5, 0.6) is 0 Å². The van der Waals surface area contributed by atoms with Gasteiger partial charge in [-0.3, -0.25) is 9.52 Å². The van der Waals surface area contributed by atoms with Crippen LogP contribution in [0.1, 0.15) is 54.3 Å². The number of carbonyl (C=O) groups excluding carboxylic acids is 1. The van der Waals surface area contributed by atoms with E-state index in [1.54, 1.807) is 29.2 Å². The summed E-state index contributed by atoms with van der Waals surface area (Å²) in [7, 11) is -6.97. The van der Waals surface area contributed by atoms with Crippen molar-refractivity contribution in [2.24, 2.45) is 0 Å². The molecule has 0 unspecified atom stereocenters. The molecule has 0 radical (unpaired) electrons. The third-order valence-corrected chi connectivity index (χ3v) is 10.3. The molecule has 2 aromatic rings. The molecule has 0 bridgehead atoms. The quantitative estimate of drug-likeness (QED) is 0.399. The summed E-state index contributed by atoms with van der Waals surface area (Å²) in [6, 6.07) is 6.72. The number of nitrogens with zero attached hydrogens (tertiary/aromatic N) is 2. The average Bonchev–Trinajstić information content (AvgIpc) is 3.47. The minimum Gasteiger partial charge on any atom is -0.361 e. The maximum Gasteiger partial charge on any atom is 0.270 e. The number of sulfonamides is 1. The number of nitrogens with one attached hydrogen (secondary N) is 2. The Kier molecular flexibility index (Phi) is 8.82. The number of piperazine rings is 1. The second-order valence-corrected chi connectivity index (χ2v) is 14.6. The standard InChI is InChI=1S/C25H36N4O5S3/c1-3-4-5-6-7-16-37(33,34)20-8-9-22-19(17-20)10-13-29(22)25(30)24-21(27-36(2,31)32)18-23(35-24)28-14-11-26-12-15-28/h8-9,17-18,26-27H,3-7,10-16H2,1-2H3. The Balaban J connectivity index is 1.55. The second kappa shape index (κ2) is 11.7. The molecule has 2 N–H and O–H groups in total. The lowest BCUT2D eigenvalue weighted by Crippen LogP contribution is -2.43. The van der Waals surface area contributed by atoms with Crippen molar-refractivity contribution in [1.29, 1.82) is 0 Å². The number of fused-ring (bicyclic) bond motifs is 1. The summed E-state index contributed by atoms with van der Waals surface area (Å²) in [5.74, 6) is -0.161. The zero-order valence-electron chi connectivity index (χ0n) is 21.5. The second-order valence-electron chi connectivity index (χ2n) is 9.67. The highest BCUT2D eigenvalue weighted by Crippen LogP contribution is 2.39. The fourth-order valence-electron chi connectivity index (χ4n) is 4.77. The number of anilines is 3. The molecule has 0 aliphatic carbocycles. The van der Waals surface area contributed by atoms with E-state index >= 15 is 0 Å². The minimum atomic E-state index is -3.58. The van der Waals surface area contributed by atoms with Crippen LogP contribution in [0.3, 0.4) is 0 Å². The van der Waals surface area contributed by atoms with Crippen molar-refractivity contribution in [1.82, 2.24) is 5.32 Å². The van der Waals surface area contributed by atoms with Crippen molar-refractivity contribution >= 4 is 53.5 Å². The van der Waals surface area contributed by atoms with E-state index in [4.69, 9.17) is 0 Å². The first-order valence-electron chi connectivity index (χ1n) is 12.8. The number of sulfone groups is 1. The zero-order chi connectivity index (χ0) is 26.6. The van der Waals surface area contributed by atoms with Gasteiger partial charge in [-0.15, -0.1) is 11.3 Å². The van der Waals surface area contributed by atoms with E-state index in [1.165, 1.54) is 11.3 Å². The lowest BCUT2D eigenvalue weighted by atomic mass is 10.2. The van der Waals surface area contributed by atoms with Crippen molar-refractivity contribution in [3.05, 3.63) is 34.7 Å². The van der Waals surface area contributed by atoms with Gasteiger partial charge in [0.2, 0.25) is 10.0 Å². The third kappa shape index (κ3) is 6.84. The summed E-state index contributed by atoms with van der Waals surface area (Å²) in [4.78, 5) is 18.1. The smallest absolute Gasteiger partial charge is 0.270 e. The molecular formula is C25H36N4O5S3. The summed E-state index contributed by atoms with van der Waals surface area (Å²) in [5.41, 5.74) is 1.77. The summed E-state index contributed by atoms with van der Waals surface area (Å²) >= 11 is 1.28. The van der Waals surface area contributed by atoms with Gasteiger partial charge in [0.25, 0.3) is 5.91 Å². The van der Waals surface area contributed by atoms with E-state index < -0.39 is 19.9 Å². The highest BCUT2D eigenvalue weighted by molar-refractivity contribution is 7.92. The molecule has 0 atom stereocenters. The molecule has 2 aliphatic rings. The molecule has 4 rings (SSSR count). The van der Waals surface area contributed by atoms with Crippen LogP contribution in [0, 0.1) is 0 Å². The molecule has 9 nitrogen and oxygen atoms in total. The van der Waals surface area contributed by atoms with Crippen LogP contribution < -0.4 is 19.8 Å². The largest absolute Gasteiger partial charge is 0.361 e. The molecule has 1 aromatic heterocycles. The maximum atomic E-state index is 13.7. The van der Waals surface area contributed by atoms with Crippen LogP contribution in [0.2, 0.25) is 0 Å². The van der Waals surface area contributed by atoms with Gasteiger partial charge in [0.05, 0.1) is 27.6 Å². The molecule has 1 amide bonds. The molecule has 1 fully saturated rings. The number of unbranched alkanes of at least 4 members (excludes halogenated alkanes) is 4. The fraction of sp³-hybridized carbons (Fsp3) is 0.560. The number of rotatable bonds is 11. The van der Waals surface area contributed by atoms with Gasteiger partial charge < -0.3 is 15.1 Å². The monoisotopic (exact) mass is 568 g/mol. The molecule has 0 saturated carbocycles. The highest BCUT2D eigenvalue weighted by Gasteiger charge is 2.31. The van der Waals surface area contributed by atoms with Crippen LogP contribution in [-0.2, 0) is 26.3 Å². The Morgan fingerprint density at radius 2 is 1.76 bits per heavy atom. The van der Waals surface area contributed by atoms with E-state index in [0.717, 1.165) is 68.7 Å². The summed E-state index contributed by atoms with van der Waals surface area (Å²) in [6.07, 6.45) is 6.44. The van der Waals surface area contributed by atoms with Gasteiger partial charge in [-0.2, -0.15) is 0 Å². The van der Waals surface area contributed by atoms with E-state index in [-0.39, 0.29) is 17.3 Å².